The number of carbonyl (C=O) groups excluding carboxylic acids is 1. The third-order valence-corrected chi connectivity index (χ3v) is 6.08. The molecular weight excluding hydrogens is 318 g/mol. The van der Waals surface area contributed by atoms with Crippen LogP contribution >= 0.6 is 0 Å². The highest BCUT2D eigenvalue weighted by molar-refractivity contribution is 7.88. The first kappa shape index (κ1) is 16.5. The average molecular weight is 341 g/mol. The Morgan fingerprint density at radius 3 is 2.65 bits per heavy atom. The van der Waals surface area contributed by atoms with Crippen LogP contribution in [0.15, 0.2) is 18.5 Å². The van der Waals surface area contributed by atoms with Crippen LogP contribution in [0.4, 0.5) is 0 Å². The number of rotatable bonds is 2. The van der Waals surface area contributed by atoms with Gasteiger partial charge in [0.05, 0.1) is 25.0 Å². The number of nitrogens with one attached hydrogen (secondary N) is 1. The first-order valence-electron chi connectivity index (χ1n) is 7.85. The van der Waals surface area contributed by atoms with Crippen LogP contribution in [0.2, 0.25) is 0 Å². The van der Waals surface area contributed by atoms with Crippen LogP contribution in [0, 0.1) is 5.41 Å². The van der Waals surface area contributed by atoms with Crippen molar-refractivity contribution in [3.8, 4) is 0 Å². The highest BCUT2D eigenvalue weighted by atomic mass is 32.2. The van der Waals surface area contributed by atoms with E-state index in [2.05, 4.69) is 4.98 Å². The third kappa shape index (κ3) is 3.59. The summed E-state index contributed by atoms with van der Waals surface area (Å²) in [5.41, 5.74) is 0.477. The fourth-order valence-corrected chi connectivity index (χ4v) is 4.28. The van der Waals surface area contributed by atoms with E-state index < -0.39 is 10.0 Å². The number of aromatic amines is 1. The van der Waals surface area contributed by atoms with Gasteiger partial charge in [-0.15, -0.1) is 0 Å². The van der Waals surface area contributed by atoms with Gasteiger partial charge in [0.25, 0.3) is 5.91 Å². The van der Waals surface area contributed by atoms with Crippen molar-refractivity contribution in [3.63, 3.8) is 0 Å². The summed E-state index contributed by atoms with van der Waals surface area (Å²) < 4.78 is 31.0. The van der Waals surface area contributed by atoms with Gasteiger partial charge in [0.2, 0.25) is 10.0 Å². The molecule has 1 amide bonds. The molecule has 3 heterocycles. The molecule has 0 aliphatic carbocycles. The van der Waals surface area contributed by atoms with E-state index in [0.29, 0.717) is 45.0 Å². The third-order valence-electron chi connectivity index (χ3n) is 4.83. The fraction of sp³-hybridized carbons (Fsp3) is 0.667. The second-order valence-electron chi connectivity index (χ2n) is 6.54. The highest BCUT2D eigenvalue weighted by Gasteiger charge is 2.41. The number of hydrogen-bond donors (Lipinski definition) is 1. The van der Waals surface area contributed by atoms with Crippen molar-refractivity contribution in [2.45, 2.75) is 12.8 Å². The van der Waals surface area contributed by atoms with Gasteiger partial charge in [0, 0.05) is 44.0 Å². The van der Waals surface area contributed by atoms with Crippen molar-refractivity contribution >= 4 is 15.9 Å². The summed E-state index contributed by atoms with van der Waals surface area (Å²) in [5, 5.41) is 0. The minimum Gasteiger partial charge on any atom is -0.379 e. The Morgan fingerprint density at radius 1 is 1.30 bits per heavy atom. The quantitative estimate of drug-likeness (QED) is 0.851. The van der Waals surface area contributed by atoms with Crippen LogP contribution in [0.5, 0.6) is 0 Å². The van der Waals surface area contributed by atoms with E-state index in [1.165, 1.54) is 10.6 Å². The Bertz CT molecular complexity index is 648. The molecule has 0 radical (unpaired) electrons. The molecule has 0 atom stereocenters. The molecule has 0 saturated carbocycles. The van der Waals surface area contributed by atoms with E-state index >= 15 is 0 Å². The number of piperidine rings is 1. The molecular formula is C15H23N3O4S. The number of amides is 1. The lowest BCUT2D eigenvalue weighted by molar-refractivity contribution is 0.0179. The van der Waals surface area contributed by atoms with E-state index in [-0.39, 0.29) is 11.3 Å². The minimum absolute atomic E-state index is 0.0237. The summed E-state index contributed by atoms with van der Waals surface area (Å²) in [6.45, 7) is 3.15. The monoisotopic (exact) mass is 341 g/mol. The number of H-pyrrole nitrogens is 1. The van der Waals surface area contributed by atoms with Crippen molar-refractivity contribution < 1.29 is 17.9 Å². The van der Waals surface area contributed by atoms with E-state index in [1.54, 1.807) is 18.5 Å². The SMILES string of the molecule is CS(=O)(=O)N1CCOCC2(CCN(C(=O)c3cc[nH]c3)CC2)C1. The Labute approximate surface area is 136 Å². The number of ether oxygens (including phenoxy) is 1. The molecule has 8 heteroatoms. The molecule has 1 N–H and O–H groups in total. The number of aromatic nitrogens is 1. The molecule has 0 unspecified atom stereocenters. The Hall–Kier alpha value is -1.38. The number of hydrogen-bond acceptors (Lipinski definition) is 4. The standard InChI is InChI=1S/C15H23N3O4S/c1-23(20,21)18-8-9-22-12-15(11-18)3-6-17(7-4-15)14(19)13-2-5-16-10-13/h2,5,10,16H,3-4,6-9,11-12H2,1H3. The van der Waals surface area contributed by atoms with Crippen molar-refractivity contribution in [2.24, 2.45) is 5.41 Å². The molecule has 0 aromatic carbocycles. The summed E-state index contributed by atoms with van der Waals surface area (Å²) in [6, 6.07) is 1.77. The maximum absolute atomic E-state index is 12.4. The van der Waals surface area contributed by atoms with Gasteiger partial charge in [0.15, 0.2) is 0 Å². The first-order valence-corrected chi connectivity index (χ1v) is 9.69. The normalized spacial score (nSPS) is 22.9. The first-order chi connectivity index (χ1) is 10.9. The van der Waals surface area contributed by atoms with E-state index in [1.807, 2.05) is 4.90 Å². The smallest absolute Gasteiger partial charge is 0.255 e. The second-order valence-corrected chi connectivity index (χ2v) is 8.52. The van der Waals surface area contributed by atoms with E-state index in [9.17, 15) is 13.2 Å². The number of sulfonamides is 1. The molecule has 1 aromatic heterocycles. The van der Waals surface area contributed by atoms with Crippen LogP contribution in [-0.2, 0) is 14.8 Å². The number of nitrogens with zero attached hydrogens (tertiary/aromatic N) is 2. The Balaban J connectivity index is 1.68. The molecule has 2 aliphatic heterocycles. The highest BCUT2D eigenvalue weighted by Crippen LogP contribution is 2.35. The number of carbonyl (C=O) groups is 1. The van der Waals surface area contributed by atoms with Crippen molar-refractivity contribution in [2.75, 3.05) is 45.6 Å². The van der Waals surface area contributed by atoms with Gasteiger partial charge in [-0.25, -0.2) is 8.42 Å². The molecule has 1 spiro atoms. The molecule has 1 aromatic rings. The lowest BCUT2D eigenvalue weighted by atomic mass is 9.79. The zero-order valence-corrected chi connectivity index (χ0v) is 14.1. The van der Waals surface area contributed by atoms with Gasteiger partial charge >= 0.3 is 0 Å². The van der Waals surface area contributed by atoms with Crippen LogP contribution < -0.4 is 0 Å². The van der Waals surface area contributed by atoms with Crippen molar-refractivity contribution in [3.05, 3.63) is 24.0 Å². The Kier molecular flexibility index (Phi) is 4.48. The summed E-state index contributed by atoms with van der Waals surface area (Å²) in [4.78, 5) is 17.1. The topological polar surface area (TPSA) is 82.7 Å². The zero-order valence-electron chi connectivity index (χ0n) is 13.3. The molecule has 23 heavy (non-hydrogen) atoms. The molecule has 2 saturated heterocycles. The summed E-state index contributed by atoms with van der Waals surface area (Å²) in [7, 11) is -3.22. The molecule has 2 fully saturated rings. The van der Waals surface area contributed by atoms with Crippen molar-refractivity contribution in [1.82, 2.24) is 14.2 Å². The van der Waals surface area contributed by atoms with Gasteiger partial charge in [-0.05, 0) is 18.9 Å². The second kappa shape index (κ2) is 6.26. The van der Waals surface area contributed by atoms with Crippen LogP contribution in [0.1, 0.15) is 23.2 Å². The average Bonchev–Trinajstić information content (AvgIpc) is 2.96. The molecule has 2 aliphatic rings. The van der Waals surface area contributed by atoms with Gasteiger partial charge in [-0.3, -0.25) is 4.79 Å². The van der Waals surface area contributed by atoms with E-state index in [4.69, 9.17) is 4.74 Å². The fourth-order valence-electron chi connectivity index (χ4n) is 3.36. The molecule has 128 valence electrons. The Morgan fingerprint density at radius 2 is 2.04 bits per heavy atom. The summed E-state index contributed by atoms with van der Waals surface area (Å²) in [5.74, 6) is 0.0237. The van der Waals surface area contributed by atoms with Gasteiger partial charge in [-0.1, -0.05) is 0 Å². The predicted octanol–water partition coefficient (Wildman–Crippen LogP) is 0.529. The van der Waals surface area contributed by atoms with Gasteiger partial charge in [-0.2, -0.15) is 4.31 Å². The summed E-state index contributed by atoms with van der Waals surface area (Å²) >= 11 is 0. The summed E-state index contributed by atoms with van der Waals surface area (Å²) in [6.07, 6.45) is 6.20. The minimum atomic E-state index is -3.22. The molecule has 3 rings (SSSR count). The lowest BCUT2D eigenvalue weighted by Gasteiger charge is -2.42. The molecule has 7 nitrogen and oxygen atoms in total. The van der Waals surface area contributed by atoms with E-state index in [0.717, 1.165) is 12.8 Å². The number of likely N-dealkylation sites (tertiary alicyclic amines) is 1. The lowest BCUT2D eigenvalue weighted by Crippen LogP contribution is -2.49. The van der Waals surface area contributed by atoms with Crippen LogP contribution in [-0.4, -0.2) is 74.2 Å². The van der Waals surface area contributed by atoms with Gasteiger partial charge in [0.1, 0.15) is 0 Å². The largest absolute Gasteiger partial charge is 0.379 e. The predicted molar refractivity (Wildman–Crippen MR) is 85.6 cm³/mol. The van der Waals surface area contributed by atoms with Crippen LogP contribution in [0.25, 0.3) is 0 Å². The molecule has 0 bridgehead atoms. The maximum Gasteiger partial charge on any atom is 0.255 e. The van der Waals surface area contributed by atoms with Gasteiger partial charge < -0.3 is 14.6 Å². The van der Waals surface area contributed by atoms with Crippen molar-refractivity contribution in [1.29, 1.82) is 0 Å². The van der Waals surface area contributed by atoms with Crippen LogP contribution in [0.3, 0.4) is 0 Å². The zero-order chi connectivity index (χ0) is 16.5. The maximum atomic E-state index is 12.4.